The van der Waals surface area contributed by atoms with E-state index in [1.54, 1.807) is 44.6 Å². The van der Waals surface area contributed by atoms with E-state index in [1.165, 1.54) is 18.3 Å². The lowest BCUT2D eigenvalue weighted by Gasteiger charge is -2.06. The van der Waals surface area contributed by atoms with Crippen molar-refractivity contribution < 1.29 is 19.2 Å². The Morgan fingerprint density at radius 3 is 2.70 bits per heavy atom. The quantitative estimate of drug-likeness (QED) is 0.445. The summed E-state index contributed by atoms with van der Waals surface area (Å²) in [4.78, 5) is 15.4. The number of non-ortho nitro benzene ring substituents is 1. The summed E-state index contributed by atoms with van der Waals surface area (Å²) in [5.41, 5.74) is 1.41. The zero-order valence-corrected chi connectivity index (χ0v) is 12.8. The molecule has 0 atom stereocenters. The van der Waals surface area contributed by atoms with Gasteiger partial charge in [0.05, 0.1) is 25.4 Å². The van der Waals surface area contributed by atoms with Crippen molar-refractivity contribution in [3.63, 3.8) is 0 Å². The third-order valence-corrected chi connectivity index (χ3v) is 3.06. The summed E-state index contributed by atoms with van der Waals surface area (Å²) in [5, 5.41) is 14.6. The zero-order valence-electron chi connectivity index (χ0n) is 12.8. The minimum Gasteiger partial charge on any atom is -0.497 e. The van der Waals surface area contributed by atoms with Crippen molar-refractivity contribution in [3.05, 3.63) is 63.7 Å². The number of nitro benzene ring substituents is 1. The molecule has 2 aromatic rings. The molecule has 0 unspecified atom stereocenters. The van der Waals surface area contributed by atoms with Crippen molar-refractivity contribution in [3.8, 4) is 11.5 Å². The molecule has 0 saturated heterocycles. The molecular formula is C16H16N2O5. The third-order valence-electron chi connectivity index (χ3n) is 3.06. The minimum absolute atomic E-state index is 0.0203. The molecular weight excluding hydrogens is 300 g/mol. The van der Waals surface area contributed by atoms with Crippen LogP contribution in [0.3, 0.4) is 0 Å². The van der Waals surface area contributed by atoms with Crippen LogP contribution in [-0.4, -0.2) is 25.4 Å². The summed E-state index contributed by atoms with van der Waals surface area (Å²) in [5.74, 6) is 1.28. The number of rotatable bonds is 7. The Hall–Kier alpha value is -3.09. The topological polar surface area (TPSA) is 83.2 Å². The molecule has 7 nitrogen and oxygen atoms in total. The fraction of sp³-hybridized carbons (Fsp3) is 0.188. The van der Waals surface area contributed by atoms with Crippen molar-refractivity contribution >= 4 is 11.9 Å². The summed E-state index contributed by atoms with van der Waals surface area (Å²) < 4.78 is 10.4. The van der Waals surface area contributed by atoms with Gasteiger partial charge in [-0.25, -0.2) is 0 Å². The van der Waals surface area contributed by atoms with Crippen LogP contribution in [0.25, 0.3) is 0 Å². The largest absolute Gasteiger partial charge is 0.497 e. The van der Waals surface area contributed by atoms with Crippen LogP contribution in [0.1, 0.15) is 11.1 Å². The van der Waals surface area contributed by atoms with E-state index in [2.05, 4.69) is 5.16 Å². The molecule has 0 N–H and O–H groups in total. The third kappa shape index (κ3) is 4.44. The van der Waals surface area contributed by atoms with Gasteiger partial charge in [-0.15, -0.1) is 0 Å². The Balaban J connectivity index is 1.99. The van der Waals surface area contributed by atoms with Gasteiger partial charge in [0.25, 0.3) is 5.69 Å². The molecule has 0 radical (unpaired) electrons. The van der Waals surface area contributed by atoms with Crippen LogP contribution in [0.15, 0.2) is 47.6 Å². The lowest BCUT2D eigenvalue weighted by atomic mass is 10.2. The van der Waals surface area contributed by atoms with Crippen molar-refractivity contribution in [1.82, 2.24) is 0 Å². The van der Waals surface area contributed by atoms with Crippen molar-refractivity contribution in [2.45, 2.75) is 6.61 Å². The van der Waals surface area contributed by atoms with Crippen LogP contribution < -0.4 is 9.47 Å². The highest BCUT2D eigenvalue weighted by Gasteiger charge is 2.06. The van der Waals surface area contributed by atoms with Crippen LogP contribution in [0.2, 0.25) is 0 Å². The van der Waals surface area contributed by atoms with Gasteiger partial charge in [-0.05, 0) is 17.7 Å². The van der Waals surface area contributed by atoms with Gasteiger partial charge in [0.2, 0.25) is 0 Å². The first-order valence-electron chi connectivity index (χ1n) is 6.74. The summed E-state index contributed by atoms with van der Waals surface area (Å²) in [6, 6.07) is 11.5. The Morgan fingerprint density at radius 1 is 1.17 bits per heavy atom. The van der Waals surface area contributed by atoms with E-state index in [-0.39, 0.29) is 12.3 Å². The van der Waals surface area contributed by atoms with E-state index in [9.17, 15) is 10.1 Å². The maximum absolute atomic E-state index is 10.7. The Labute approximate surface area is 133 Å². The van der Waals surface area contributed by atoms with Crippen molar-refractivity contribution in [2.75, 3.05) is 14.2 Å². The van der Waals surface area contributed by atoms with Crippen LogP contribution in [-0.2, 0) is 11.4 Å². The van der Waals surface area contributed by atoms with Gasteiger partial charge >= 0.3 is 0 Å². The van der Waals surface area contributed by atoms with E-state index in [0.29, 0.717) is 17.1 Å². The number of nitrogens with zero attached hydrogens (tertiary/aromatic N) is 2. The summed E-state index contributed by atoms with van der Waals surface area (Å²) in [6.45, 7) is 0.136. The van der Waals surface area contributed by atoms with Gasteiger partial charge < -0.3 is 14.3 Å². The Morgan fingerprint density at radius 2 is 2.00 bits per heavy atom. The minimum atomic E-state index is -0.449. The van der Waals surface area contributed by atoms with Crippen molar-refractivity contribution in [2.24, 2.45) is 5.16 Å². The van der Waals surface area contributed by atoms with Gasteiger partial charge in [0.1, 0.15) is 18.1 Å². The fourth-order valence-corrected chi connectivity index (χ4v) is 1.89. The highest BCUT2D eigenvalue weighted by molar-refractivity contribution is 5.83. The van der Waals surface area contributed by atoms with Gasteiger partial charge in [-0.2, -0.15) is 0 Å². The van der Waals surface area contributed by atoms with Gasteiger partial charge in [0, 0.05) is 23.8 Å². The van der Waals surface area contributed by atoms with Gasteiger partial charge in [0.15, 0.2) is 0 Å². The molecule has 0 bridgehead atoms. The zero-order chi connectivity index (χ0) is 16.7. The normalized spacial score (nSPS) is 10.5. The average molecular weight is 316 g/mol. The molecule has 0 heterocycles. The van der Waals surface area contributed by atoms with Crippen LogP contribution in [0.4, 0.5) is 5.69 Å². The second-order valence-corrected chi connectivity index (χ2v) is 4.54. The predicted octanol–water partition coefficient (Wildman–Crippen LogP) is 3.16. The smallest absolute Gasteiger partial charge is 0.269 e. The molecule has 0 fully saturated rings. The second-order valence-electron chi connectivity index (χ2n) is 4.54. The van der Waals surface area contributed by atoms with E-state index in [0.717, 1.165) is 5.56 Å². The first-order chi connectivity index (χ1) is 11.1. The first kappa shape index (κ1) is 16.3. The SMILES string of the molecule is COc1ccc(/C=N\OCc2cccc([N+](=O)[O-])c2)c(OC)c1. The van der Waals surface area contributed by atoms with Crippen LogP contribution >= 0.6 is 0 Å². The number of ether oxygens (including phenoxy) is 2. The molecule has 120 valence electrons. The lowest BCUT2D eigenvalue weighted by molar-refractivity contribution is -0.384. The molecule has 0 saturated carbocycles. The molecule has 0 aliphatic rings. The van der Waals surface area contributed by atoms with E-state index < -0.39 is 4.92 Å². The van der Waals surface area contributed by atoms with Crippen molar-refractivity contribution in [1.29, 1.82) is 0 Å². The molecule has 7 heteroatoms. The van der Waals surface area contributed by atoms with E-state index in [4.69, 9.17) is 14.3 Å². The van der Waals surface area contributed by atoms with Gasteiger partial charge in [-0.3, -0.25) is 10.1 Å². The lowest BCUT2D eigenvalue weighted by Crippen LogP contribution is -1.94. The van der Waals surface area contributed by atoms with E-state index in [1.807, 2.05) is 0 Å². The Bertz CT molecular complexity index is 715. The number of hydrogen-bond acceptors (Lipinski definition) is 6. The van der Waals surface area contributed by atoms with E-state index >= 15 is 0 Å². The first-order valence-corrected chi connectivity index (χ1v) is 6.74. The summed E-state index contributed by atoms with van der Waals surface area (Å²) in [6.07, 6.45) is 1.51. The average Bonchev–Trinajstić information content (AvgIpc) is 2.59. The molecule has 0 aliphatic carbocycles. The number of hydrogen-bond donors (Lipinski definition) is 0. The predicted molar refractivity (Wildman–Crippen MR) is 85.0 cm³/mol. The standard InChI is InChI=1S/C16H16N2O5/c1-21-15-7-6-13(16(9-15)22-2)10-17-23-11-12-4-3-5-14(8-12)18(19)20/h3-10H,11H2,1-2H3/b17-10-. The number of nitro groups is 1. The highest BCUT2D eigenvalue weighted by atomic mass is 16.6. The number of benzene rings is 2. The Kier molecular flexibility index (Phi) is 5.51. The monoisotopic (exact) mass is 316 g/mol. The van der Waals surface area contributed by atoms with Crippen LogP contribution in [0, 0.1) is 10.1 Å². The second kappa shape index (κ2) is 7.79. The molecule has 0 aliphatic heterocycles. The highest BCUT2D eigenvalue weighted by Crippen LogP contribution is 2.23. The van der Waals surface area contributed by atoms with Gasteiger partial charge in [-0.1, -0.05) is 17.3 Å². The molecule has 2 aromatic carbocycles. The summed E-state index contributed by atoms with van der Waals surface area (Å²) >= 11 is 0. The molecule has 0 amide bonds. The molecule has 23 heavy (non-hydrogen) atoms. The fourth-order valence-electron chi connectivity index (χ4n) is 1.89. The summed E-state index contributed by atoms with van der Waals surface area (Å²) in [7, 11) is 3.13. The maximum atomic E-state index is 10.7. The molecule has 0 aromatic heterocycles. The number of methoxy groups -OCH3 is 2. The number of oxime groups is 1. The van der Waals surface area contributed by atoms with Crippen LogP contribution in [0.5, 0.6) is 11.5 Å². The molecule has 2 rings (SSSR count). The molecule has 0 spiro atoms. The maximum Gasteiger partial charge on any atom is 0.269 e.